The molecule has 3 heterocycles. The van der Waals surface area contributed by atoms with Gasteiger partial charge >= 0.3 is 0 Å². The molecule has 1 aliphatic carbocycles. The number of likely N-dealkylation sites (tertiary alicyclic amines) is 2. The van der Waals surface area contributed by atoms with Crippen molar-refractivity contribution in [2.45, 2.75) is 38.0 Å². The molecule has 3 fully saturated rings. The number of aromatic nitrogens is 1. The third-order valence-electron chi connectivity index (χ3n) is 5.36. The highest BCUT2D eigenvalue weighted by molar-refractivity contribution is 5.92. The molecule has 0 N–H and O–H groups in total. The van der Waals surface area contributed by atoms with Gasteiger partial charge in [-0.25, -0.2) is 0 Å². The lowest BCUT2D eigenvalue weighted by Gasteiger charge is -2.38. The van der Waals surface area contributed by atoms with Crippen molar-refractivity contribution in [1.82, 2.24) is 15.0 Å². The molecule has 6 nitrogen and oxygen atoms in total. The van der Waals surface area contributed by atoms with E-state index in [0.717, 1.165) is 38.0 Å². The van der Waals surface area contributed by atoms with Gasteiger partial charge in [-0.2, -0.15) is 0 Å². The Morgan fingerprint density at radius 1 is 1.36 bits per heavy atom. The van der Waals surface area contributed by atoms with Crippen LogP contribution in [0.2, 0.25) is 0 Å². The molecule has 2 aliphatic heterocycles. The van der Waals surface area contributed by atoms with E-state index in [1.54, 1.807) is 6.07 Å². The molecule has 2 amide bonds. The minimum absolute atomic E-state index is 0.0387. The van der Waals surface area contributed by atoms with E-state index in [1.165, 1.54) is 0 Å². The van der Waals surface area contributed by atoms with Crippen molar-refractivity contribution in [3.05, 3.63) is 17.5 Å². The minimum Gasteiger partial charge on any atom is -0.360 e. The molecule has 1 aromatic heterocycles. The zero-order valence-corrected chi connectivity index (χ0v) is 12.9. The van der Waals surface area contributed by atoms with Crippen molar-refractivity contribution in [1.29, 1.82) is 0 Å². The Labute approximate surface area is 129 Å². The molecule has 0 atom stereocenters. The summed E-state index contributed by atoms with van der Waals surface area (Å²) in [4.78, 5) is 28.0. The molecule has 0 bridgehead atoms. The van der Waals surface area contributed by atoms with Crippen LogP contribution in [0.5, 0.6) is 0 Å². The first-order valence-electron chi connectivity index (χ1n) is 8.06. The summed E-state index contributed by atoms with van der Waals surface area (Å²) in [6.45, 7) is 2.22. The van der Waals surface area contributed by atoms with Gasteiger partial charge < -0.3 is 14.3 Å². The Bertz CT molecular complexity index is 612. The van der Waals surface area contributed by atoms with Gasteiger partial charge in [0.1, 0.15) is 5.76 Å². The molecule has 1 aromatic rings. The number of hydrogen-bond donors (Lipinski definition) is 0. The first kappa shape index (κ1) is 13.8. The average molecular weight is 303 g/mol. The van der Waals surface area contributed by atoms with Crippen LogP contribution in [-0.2, 0) is 4.79 Å². The fraction of sp³-hybridized carbons (Fsp3) is 0.688. The Kier molecular flexibility index (Phi) is 3.03. The summed E-state index contributed by atoms with van der Waals surface area (Å²) in [5.41, 5.74) is 0.503. The SMILES string of the molecule is CN1CC2(CCN(C(=O)c3cc(C4CC4)on3)CC2)CC1=O. The van der Waals surface area contributed by atoms with E-state index in [-0.39, 0.29) is 17.2 Å². The Morgan fingerprint density at radius 3 is 2.68 bits per heavy atom. The molecule has 6 heteroatoms. The fourth-order valence-corrected chi connectivity index (χ4v) is 3.73. The molecular weight excluding hydrogens is 282 g/mol. The molecule has 22 heavy (non-hydrogen) atoms. The van der Waals surface area contributed by atoms with Gasteiger partial charge in [-0.1, -0.05) is 5.16 Å². The van der Waals surface area contributed by atoms with Crippen LogP contribution in [0, 0.1) is 5.41 Å². The van der Waals surface area contributed by atoms with E-state index in [1.807, 2.05) is 16.8 Å². The number of amides is 2. The molecule has 4 rings (SSSR count). The van der Waals surface area contributed by atoms with Crippen LogP contribution in [0.25, 0.3) is 0 Å². The first-order chi connectivity index (χ1) is 10.6. The van der Waals surface area contributed by atoms with Crippen molar-refractivity contribution >= 4 is 11.8 Å². The highest BCUT2D eigenvalue weighted by Crippen LogP contribution is 2.42. The summed E-state index contributed by atoms with van der Waals surface area (Å²) in [5, 5.41) is 3.94. The normalized spacial score (nSPS) is 24.3. The topological polar surface area (TPSA) is 66.7 Å². The van der Waals surface area contributed by atoms with Gasteiger partial charge in [0, 0.05) is 50.5 Å². The lowest BCUT2D eigenvalue weighted by atomic mass is 9.77. The lowest BCUT2D eigenvalue weighted by Crippen LogP contribution is -2.44. The monoisotopic (exact) mass is 303 g/mol. The largest absolute Gasteiger partial charge is 0.360 e. The summed E-state index contributed by atoms with van der Waals surface area (Å²) in [6.07, 6.45) is 4.68. The van der Waals surface area contributed by atoms with E-state index in [0.29, 0.717) is 31.1 Å². The van der Waals surface area contributed by atoms with Crippen molar-refractivity contribution in [2.75, 3.05) is 26.7 Å². The molecule has 0 radical (unpaired) electrons. The van der Waals surface area contributed by atoms with Gasteiger partial charge in [-0.05, 0) is 25.7 Å². The van der Waals surface area contributed by atoms with Crippen LogP contribution in [0.4, 0.5) is 0 Å². The van der Waals surface area contributed by atoms with Gasteiger partial charge in [0.25, 0.3) is 5.91 Å². The Balaban J connectivity index is 1.40. The quantitative estimate of drug-likeness (QED) is 0.833. The van der Waals surface area contributed by atoms with Gasteiger partial charge in [0.2, 0.25) is 5.91 Å². The van der Waals surface area contributed by atoms with Crippen LogP contribution in [0.15, 0.2) is 10.6 Å². The summed E-state index contributed by atoms with van der Waals surface area (Å²) >= 11 is 0. The second-order valence-electron chi connectivity index (χ2n) is 7.11. The number of nitrogens with zero attached hydrogens (tertiary/aromatic N) is 3. The number of carbonyl (C=O) groups excluding carboxylic acids is 2. The molecule has 3 aliphatic rings. The van der Waals surface area contributed by atoms with Crippen molar-refractivity contribution in [3.8, 4) is 0 Å². The molecule has 0 aromatic carbocycles. The van der Waals surface area contributed by atoms with Gasteiger partial charge in [-0.15, -0.1) is 0 Å². The first-order valence-corrected chi connectivity index (χ1v) is 8.06. The fourth-order valence-electron chi connectivity index (χ4n) is 3.73. The van der Waals surface area contributed by atoms with E-state index < -0.39 is 0 Å². The number of carbonyl (C=O) groups is 2. The Hall–Kier alpha value is -1.85. The van der Waals surface area contributed by atoms with E-state index in [2.05, 4.69) is 5.16 Å². The smallest absolute Gasteiger partial charge is 0.276 e. The van der Waals surface area contributed by atoms with E-state index in [9.17, 15) is 9.59 Å². The highest BCUT2D eigenvalue weighted by atomic mass is 16.5. The maximum absolute atomic E-state index is 12.5. The highest BCUT2D eigenvalue weighted by Gasteiger charge is 2.44. The predicted molar refractivity (Wildman–Crippen MR) is 78.3 cm³/mol. The lowest BCUT2D eigenvalue weighted by molar-refractivity contribution is -0.126. The second-order valence-corrected chi connectivity index (χ2v) is 7.11. The molecule has 118 valence electrons. The van der Waals surface area contributed by atoms with Crippen LogP contribution >= 0.6 is 0 Å². The molecule has 2 saturated heterocycles. The number of piperidine rings is 1. The van der Waals surface area contributed by atoms with Gasteiger partial charge in [0.15, 0.2) is 5.69 Å². The van der Waals surface area contributed by atoms with Crippen LogP contribution in [0.1, 0.15) is 54.3 Å². The molecule has 0 unspecified atom stereocenters. The summed E-state index contributed by atoms with van der Waals surface area (Å²) in [6, 6.07) is 1.80. The van der Waals surface area contributed by atoms with Crippen molar-refractivity contribution in [3.63, 3.8) is 0 Å². The second kappa shape index (κ2) is 4.83. The van der Waals surface area contributed by atoms with Crippen LogP contribution < -0.4 is 0 Å². The predicted octanol–water partition coefficient (Wildman–Crippen LogP) is 1.64. The third-order valence-corrected chi connectivity index (χ3v) is 5.36. The van der Waals surface area contributed by atoms with E-state index in [4.69, 9.17) is 4.52 Å². The summed E-state index contributed by atoms with van der Waals surface area (Å²) in [7, 11) is 1.86. The Morgan fingerprint density at radius 2 is 2.09 bits per heavy atom. The van der Waals surface area contributed by atoms with Crippen molar-refractivity contribution in [2.24, 2.45) is 5.41 Å². The molecule has 1 saturated carbocycles. The summed E-state index contributed by atoms with van der Waals surface area (Å²) in [5.74, 6) is 1.51. The van der Waals surface area contributed by atoms with Gasteiger partial charge in [-0.3, -0.25) is 9.59 Å². The van der Waals surface area contributed by atoms with Crippen LogP contribution in [-0.4, -0.2) is 53.5 Å². The van der Waals surface area contributed by atoms with Crippen molar-refractivity contribution < 1.29 is 14.1 Å². The maximum atomic E-state index is 12.5. The zero-order valence-electron chi connectivity index (χ0n) is 12.9. The standard InChI is InChI=1S/C16H21N3O3/c1-18-10-16(9-14(18)20)4-6-19(7-5-16)15(21)12-8-13(22-17-12)11-2-3-11/h8,11H,2-7,9-10H2,1H3. The number of hydrogen-bond acceptors (Lipinski definition) is 4. The average Bonchev–Trinajstić information content (AvgIpc) is 3.17. The minimum atomic E-state index is -0.0387. The number of rotatable bonds is 2. The van der Waals surface area contributed by atoms with E-state index >= 15 is 0 Å². The third kappa shape index (κ3) is 2.30. The zero-order chi connectivity index (χ0) is 15.3. The van der Waals surface area contributed by atoms with Crippen LogP contribution in [0.3, 0.4) is 0 Å². The summed E-state index contributed by atoms with van der Waals surface area (Å²) < 4.78 is 5.27. The van der Waals surface area contributed by atoms with Gasteiger partial charge in [0.05, 0.1) is 0 Å². The molecule has 1 spiro atoms. The maximum Gasteiger partial charge on any atom is 0.276 e. The molecular formula is C16H21N3O3.